The third-order valence-corrected chi connectivity index (χ3v) is 3.79. The van der Waals surface area contributed by atoms with Crippen LogP contribution in [-0.2, 0) is 0 Å². The van der Waals surface area contributed by atoms with Crippen LogP contribution in [0.1, 0.15) is 23.4 Å². The number of carbonyl (C=O) groups is 1. The van der Waals surface area contributed by atoms with Gasteiger partial charge < -0.3 is 10.6 Å². The second-order valence-corrected chi connectivity index (χ2v) is 5.68. The molecule has 6 nitrogen and oxygen atoms in total. The van der Waals surface area contributed by atoms with E-state index < -0.39 is 0 Å². The van der Waals surface area contributed by atoms with Crippen molar-refractivity contribution in [3.8, 4) is 5.69 Å². The van der Waals surface area contributed by atoms with E-state index in [1.165, 1.54) is 4.68 Å². The van der Waals surface area contributed by atoms with Crippen LogP contribution in [0.3, 0.4) is 0 Å². The Morgan fingerprint density at radius 2 is 2.00 bits per heavy atom. The van der Waals surface area contributed by atoms with Crippen LogP contribution in [-0.4, -0.2) is 40.3 Å². The zero-order valence-corrected chi connectivity index (χ0v) is 14.0. The Morgan fingerprint density at radius 3 is 2.59 bits per heavy atom. The number of nitrogens with one attached hydrogen (secondary N) is 2. The fourth-order valence-corrected chi connectivity index (χ4v) is 2.37. The first-order chi connectivity index (χ1) is 10.4. The summed E-state index contributed by atoms with van der Waals surface area (Å²) in [6, 6.07) is 5.31. The topological polar surface area (TPSA) is 71.8 Å². The highest BCUT2D eigenvalue weighted by atomic mass is 35.5. The smallest absolute Gasteiger partial charge is 0.291 e. The Bertz CT molecular complexity index is 666. The van der Waals surface area contributed by atoms with Crippen molar-refractivity contribution in [3.05, 3.63) is 39.9 Å². The lowest BCUT2D eigenvalue weighted by molar-refractivity contribution is 0.0940. The van der Waals surface area contributed by atoms with Crippen molar-refractivity contribution in [2.45, 2.75) is 19.9 Å². The van der Waals surface area contributed by atoms with Crippen LogP contribution in [0.5, 0.6) is 0 Å². The molecular formula is C14H17Cl2N5O. The van der Waals surface area contributed by atoms with E-state index in [2.05, 4.69) is 20.7 Å². The molecule has 0 aliphatic heterocycles. The van der Waals surface area contributed by atoms with Gasteiger partial charge in [-0.1, -0.05) is 29.3 Å². The maximum absolute atomic E-state index is 12.1. The summed E-state index contributed by atoms with van der Waals surface area (Å²) >= 11 is 12.3. The number of halogens is 2. The molecule has 2 rings (SSSR count). The molecule has 1 aromatic heterocycles. The highest BCUT2D eigenvalue weighted by molar-refractivity contribution is 6.37. The van der Waals surface area contributed by atoms with Crippen molar-refractivity contribution < 1.29 is 4.79 Å². The Labute approximate surface area is 138 Å². The summed E-state index contributed by atoms with van der Waals surface area (Å²) in [6.07, 6.45) is 0. The van der Waals surface area contributed by atoms with Crippen LogP contribution < -0.4 is 10.6 Å². The minimum absolute atomic E-state index is 0.0804. The van der Waals surface area contributed by atoms with E-state index in [1.54, 1.807) is 25.1 Å². The maximum Gasteiger partial charge on any atom is 0.291 e. The van der Waals surface area contributed by atoms with E-state index in [1.807, 2.05) is 14.0 Å². The molecule has 2 aromatic rings. The van der Waals surface area contributed by atoms with Gasteiger partial charge in [-0.2, -0.15) is 0 Å². The van der Waals surface area contributed by atoms with Gasteiger partial charge in [0.25, 0.3) is 5.91 Å². The molecule has 118 valence electrons. The first kappa shape index (κ1) is 16.7. The molecule has 0 saturated carbocycles. The molecule has 1 atom stereocenters. The van der Waals surface area contributed by atoms with E-state index in [9.17, 15) is 4.79 Å². The van der Waals surface area contributed by atoms with Crippen LogP contribution in [0.25, 0.3) is 5.69 Å². The normalized spacial score (nSPS) is 12.2. The fourth-order valence-electron chi connectivity index (χ4n) is 1.82. The number of carbonyl (C=O) groups excluding carboxylic acids is 1. The number of aromatic nitrogens is 3. The molecule has 0 aliphatic rings. The fraction of sp³-hybridized carbons (Fsp3) is 0.357. The number of nitrogens with zero attached hydrogens (tertiary/aromatic N) is 3. The number of benzene rings is 1. The van der Waals surface area contributed by atoms with Gasteiger partial charge in [-0.15, -0.1) is 5.10 Å². The van der Waals surface area contributed by atoms with Crippen molar-refractivity contribution in [2.75, 3.05) is 13.6 Å². The van der Waals surface area contributed by atoms with Gasteiger partial charge in [0, 0.05) is 12.6 Å². The lowest BCUT2D eigenvalue weighted by Gasteiger charge is -2.09. The number of aryl methyl sites for hydroxylation is 1. The molecule has 2 N–H and O–H groups in total. The number of hydrogen-bond acceptors (Lipinski definition) is 4. The SMILES string of the molecule is CNC(C)CNC(=O)c1nc(C)n(-c2c(Cl)cccc2Cl)n1. The molecule has 1 aromatic carbocycles. The standard InChI is InChI=1S/C14H17Cl2N5O/c1-8(17-3)7-18-14(22)13-19-9(2)21(20-13)12-10(15)5-4-6-11(12)16/h4-6,8,17H,7H2,1-3H3,(H,18,22). The summed E-state index contributed by atoms with van der Waals surface area (Å²) in [7, 11) is 1.83. The highest BCUT2D eigenvalue weighted by Gasteiger charge is 2.18. The second kappa shape index (κ2) is 7.09. The van der Waals surface area contributed by atoms with E-state index in [0.29, 0.717) is 28.1 Å². The summed E-state index contributed by atoms with van der Waals surface area (Å²) in [5.41, 5.74) is 0.512. The van der Waals surface area contributed by atoms with Crippen molar-refractivity contribution in [1.29, 1.82) is 0 Å². The predicted molar refractivity (Wildman–Crippen MR) is 87.0 cm³/mol. The van der Waals surface area contributed by atoms with Crippen LogP contribution >= 0.6 is 23.2 Å². The van der Waals surface area contributed by atoms with Crippen LogP contribution in [0.4, 0.5) is 0 Å². The molecule has 0 aliphatic carbocycles. The quantitative estimate of drug-likeness (QED) is 0.874. The molecule has 0 bridgehead atoms. The Morgan fingerprint density at radius 1 is 1.36 bits per heavy atom. The summed E-state index contributed by atoms with van der Waals surface area (Å²) < 4.78 is 1.47. The van der Waals surface area contributed by atoms with Gasteiger partial charge >= 0.3 is 0 Å². The summed E-state index contributed by atoms with van der Waals surface area (Å²) in [5, 5.41) is 10.9. The predicted octanol–water partition coefficient (Wildman–Crippen LogP) is 2.22. The van der Waals surface area contributed by atoms with Gasteiger partial charge in [-0.05, 0) is 33.0 Å². The van der Waals surface area contributed by atoms with Crippen molar-refractivity contribution in [3.63, 3.8) is 0 Å². The Balaban J connectivity index is 2.27. The van der Waals surface area contributed by atoms with Crippen LogP contribution in [0.2, 0.25) is 10.0 Å². The van der Waals surface area contributed by atoms with Crippen molar-refractivity contribution in [2.24, 2.45) is 0 Å². The monoisotopic (exact) mass is 341 g/mol. The zero-order chi connectivity index (χ0) is 16.3. The molecule has 22 heavy (non-hydrogen) atoms. The average molecular weight is 342 g/mol. The lowest BCUT2D eigenvalue weighted by Crippen LogP contribution is -2.37. The third kappa shape index (κ3) is 3.58. The number of rotatable bonds is 5. The van der Waals surface area contributed by atoms with Crippen LogP contribution in [0.15, 0.2) is 18.2 Å². The molecule has 0 saturated heterocycles. The minimum Gasteiger partial charge on any atom is -0.348 e. The Hall–Kier alpha value is -1.63. The summed E-state index contributed by atoms with van der Waals surface area (Å²) in [6.45, 7) is 4.18. The molecule has 0 spiro atoms. The number of likely N-dealkylation sites (N-methyl/N-ethyl adjacent to an activating group) is 1. The van der Waals surface area contributed by atoms with Gasteiger partial charge in [-0.3, -0.25) is 4.79 Å². The zero-order valence-electron chi connectivity index (χ0n) is 12.5. The first-order valence-electron chi connectivity index (χ1n) is 6.77. The second-order valence-electron chi connectivity index (χ2n) is 4.86. The van der Waals surface area contributed by atoms with Crippen LogP contribution in [0, 0.1) is 6.92 Å². The molecule has 8 heteroatoms. The van der Waals surface area contributed by atoms with Gasteiger partial charge in [-0.25, -0.2) is 9.67 Å². The van der Waals surface area contributed by atoms with Crippen molar-refractivity contribution in [1.82, 2.24) is 25.4 Å². The number of amides is 1. The van der Waals surface area contributed by atoms with Gasteiger partial charge in [0.15, 0.2) is 0 Å². The summed E-state index contributed by atoms with van der Waals surface area (Å²) in [5.74, 6) is 0.269. The maximum atomic E-state index is 12.1. The van der Waals surface area contributed by atoms with E-state index in [-0.39, 0.29) is 17.8 Å². The third-order valence-electron chi connectivity index (χ3n) is 3.18. The molecule has 0 radical (unpaired) electrons. The Kier molecular flexibility index (Phi) is 5.39. The molecular weight excluding hydrogens is 325 g/mol. The highest BCUT2D eigenvalue weighted by Crippen LogP contribution is 2.28. The number of para-hydroxylation sites is 1. The number of hydrogen-bond donors (Lipinski definition) is 2. The van der Waals surface area contributed by atoms with Gasteiger partial charge in [0.2, 0.25) is 5.82 Å². The van der Waals surface area contributed by atoms with Gasteiger partial charge in [0.1, 0.15) is 11.5 Å². The largest absolute Gasteiger partial charge is 0.348 e. The van der Waals surface area contributed by atoms with Crippen molar-refractivity contribution >= 4 is 29.1 Å². The lowest BCUT2D eigenvalue weighted by atomic mass is 10.3. The van der Waals surface area contributed by atoms with Gasteiger partial charge in [0.05, 0.1) is 10.0 Å². The minimum atomic E-state index is -0.341. The van der Waals surface area contributed by atoms with E-state index in [4.69, 9.17) is 23.2 Å². The van der Waals surface area contributed by atoms with E-state index >= 15 is 0 Å². The first-order valence-corrected chi connectivity index (χ1v) is 7.53. The average Bonchev–Trinajstić information content (AvgIpc) is 2.86. The molecule has 1 unspecified atom stereocenters. The molecule has 1 amide bonds. The molecule has 1 heterocycles. The summed E-state index contributed by atoms with van der Waals surface area (Å²) in [4.78, 5) is 16.3. The van der Waals surface area contributed by atoms with E-state index in [0.717, 1.165) is 0 Å². The molecule has 0 fully saturated rings.